The van der Waals surface area contributed by atoms with Gasteiger partial charge in [0.2, 0.25) is 5.89 Å². The first-order chi connectivity index (χ1) is 9.22. The molecule has 1 aromatic rings. The van der Waals surface area contributed by atoms with E-state index in [1.807, 2.05) is 11.8 Å². The number of aromatic nitrogens is 2. The maximum absolute atomic E-state index is 5.37. The summed E-state index contributed by atoms with van der Waals surface area (Å²) in [6.45, 7) is 7.60. The van der Waals surface area contributed by atoms with E-state index in [1.54, 1.807) is 0 Å². The number of rotatable bonds is 9. The highest BCUT2D eigenvalue weighted by Gasteiger charge is 2.31. The zero-order valence-electron chi connectivity index (χ0n) is 12.2. The summed E-state index contributed by atoms with van der Waals surface area (Å²) in [5.74, 6) is 3.29. The van der Waals surface area contributed by atoms with Crippen molar-refractivity contribution >= 4 is 11.8 Å². The Labute approximate surface area is 120 Å². The minimum atomic E-state index is 0.514. The molecule has 0 radical (unpaired) electrons. The second-order valence-electron chi connectivity index (χ2n) is 5.34. The molecule has 0 aliphatic heterocycles. The summed E-state index contributed by atoms with van der Waals surface area (Å²) in [5, 5.41) is 8.26. The van der Waals surface area contributed by atoms with Crippen LogP contribution in [0, 0.1) is 5.92 Å². The van der Waals surface area contributed by atoms with Crippen molar-refractivity contribution in [2.24, 2.45) is 5.92 Å². The lowest BCUT2D eigenvalue weighted by atomic mass is 10.1. The Bertz CT molecular complexity index is 379. The van der Waals surface area contributed by atoms with Crippen molar-refractivity contribution in [1.29, 1.82) is 0 Å². The zero-order chi connectivity index (χ0) is 13.7. The molecule has 1 N–H and O–H groups in total. The summed E-state index contributed by atoms with van der Waals surface area (Å²) in [5.41, 5.74) is 0. The number of likely N-dealkylation sites (N-methyl/N-ethyl adjacent to an activating group) is 1. The summed E-state index contributed by atoms with van der Waals surface area (Å²) < 4.78 is 5.37. The van der Waals surface area contributed by atoms with E-state index in [9.17, 15) is 0 Å². The Morgan fingerprint density at radius 3 is 2.84 bits per heavy atom. The first-order valence-electron chi connectivity index (χ1n) is 7.39. The lowest BCUT2D eigenvalue weighted by molar-refractivity contribution is 0.345. The molecule has 0 saturated heterocycles. The van der Waals surface area contributed by atoms with Gasteiger partial charge < -0.3 is 9.84 Å². The molecule has 4 nitrogen and oxygen atoms in total. The SMILES string of the molecule is CCNC(Cc1nc(CSC(C)CC)no1)C1CC1. The molecular formula is C14H25N3OS. The molecule has 0 bridgehead atoms. The molecule has 0 spiro atoms. The molecule has 108 valence electrons. The van der Waals surface area contributed by atoms with E-state index in [0.717, 1.165) is 36.4 Å². The van der Waals surface area contributed by atoms with Crippen molar-refractivity contribution in [2.45, 2.75) is 63.5 Å². The van der Waals surface area contributed by atoms with Gasteiger partial charge in [0.05, 0.1) is 5.75 Å². The molecule has 0 amide bonds. The van der Waals surface area contributed by atoms with Gasteiger partial charge in [-0.2, -0.15) is 16.7 Å². The van der Waals surface area contributed by atoms with Gasteiger partial charge in [0.1, 0.15) is 0 Å². The van der Waals surface area contributed by atoms with Crippen molar-refractivity contribution < 1.29 is 4.52 Å². The average Bonchev–Trinajstić information content (AvgIpc) is 3.17. The van der Waals surface area contributed by atoms with Crippen LogP contribution in [-0.4, -0.2) is 28.0 Å². The summed E-state index contributed by atoms with van der Waals surface area (Å²) in [6, 6.07) is 0.514. The number of hydrogen-bond acceptors (Lipinski definition) is 5. The van der Waals surface area contributed by atoms with Gasteiger partial charge in [-0.05, 0) is 31.7 Å². The topological polar surface area (TPSA) is 51.0 Å². The van der Waals surface area contributed by atoms with Crippen LogP contribution in [0.3, 0.4) is 0 Å². The molecule has 2 rings (SSSR count). The molecule has 0 aromatic carbocycles. The van der Waals surface area contributed by atoms with Crippen LogP contribution < -0.4 is 5.32 Å². The third kappa shape index (κ3) is 4.80. The summed E-state index contributed by atoms with van der Waals surface area (Å²) in [7, 11) is 0. The maximum atomic E-state index is 5.37. The van der Waals surface area contributed by atoms with Gasteiger partial charge in [0, 0.05) is 17.7 Å². The van der Waals surface area contributed by atoms with Crippen LogP contribution in [-0.2, 0) is 12.2 Å². The normalized spacial score (nSPS) is 18.5. The Kier molecular flexibility index (Phi) is 5.70. The Morgan fingerprint density at radius 2 is 2.21 bits per heavy atom. The number of hydrogen-bond donors (Lipinski definition) is 1. The predicted molar refractivity (Wildman–Crippen MR) is 79.2 cm³/mol. The van der Waals surface area contributed by atoms with Gasteiger partial charge in [0.15, 0.2) is 5.82 Å². The third-order valence-corrected chi connectivity index (χ3v) is 4.96. The second-order valence-corrected chi connectivity index (χ2v) is 6.77. The fourth-order valence-corrected chi connectivity index (χ4v) is 2.91. The summed E-state index contributed by atoms with van der Waals surface area (Å²) in [6.07, 6.45) is 4.73. The molecule has 1 aliphatic carbocycles. The van der Waals surface area contributed by atoms with Gasteiger partial charge in [-0.25, -0.2) is 0 Å². The monoisotopic (exact) mass is 283 g/mol. The maximum Gasteiger partial charge on any atom is 0.228 e. The van der Waals surface area contributed by atoms with Gasteiger partial charge in [-0.15, -0.1) is 0 Å². The van der Waals surface area contributed by atoms with Crippen LogP contribution in [0.25, 0.3) is 0 Å². The standard InChI is InChI=1S/C14H25N3OS/c1-4-10(3)19-9-13-16-14(18-17-13)8-12(15-5-2)11-6-7-11/h10-12,15H,4-9H2,1-3H3. The van der Waals surface area contributed by atoms with Crippen LogP contribution in [0.4, 0.5) is 0 Å². The zero-order valence-corrected chi connectivity index (χ0v) is 13.0. The Hall–Kier alpha value is -0.550. The predicted octanol–water partition coefficient (Wildman–Crippen LogP) is 3.03. The van der Waals surface area contributed by atoms with Crippen LogP contribution in [0.5, 0.6) is 0 Å². The van der Waals surface area contributed by atoms with E-state index in [1.165, 1.54) is 19.3 Å². The Balaban J connectivity index is 1.82. The molecule has 5 heteroatoms. The lowest BCUT2D eigenvalue weighted by Crippen LogP contribution is -2.33. The molecule has 1 fully saturated rings. The quantitative estimate of drug-likeness (QED) is 0.755. The first kappa shape index (κ1) is 14.9. The third-order valence-electron chi connectivity index (χ3n) is 3.63. The molecule has 2 atom stereocenters. The van der Waals surface area contributed by atoms with Crippen LogP contribution in [0.1, 0.15) is 51.7 Å². The molecule has 1 heterocycles. The van der Waals surface area contributed by atoms with Crippen molar-refractivity contribution in [3.05, 3.63) is 11.7 Å². The minimum absolute atomic E-state index is 0.514. The Morgan fingerprint density at radius 1 is 1.42 bits per heavy atom. The van der Waals surface area contributed by atoms with Crippen LogP contribution >= 0.6 is 11.8 Å². The van der Waals surface area contributed by atoms with Gasteiger partial charge >= 0.3 is 0 Å². The number of thioether (sulfide) groups is 1. The molecular weight excluding hydrogens is 258 g/mol. The lowest BCUT2D eigenvalue weighted by Gasteiger charge is -2.14. The first-order valence-corrected chi connectivity index (χ1v) is 8.44. The van der Waals surface area contributed by atoms with Crippen molar-refractivity contribution in [3.8, 4) is 0 Å². The molecule has 1 saturated carbocycles. The van der Waals surface area contributed by atoms with E-state index in [0.29, 0.717) is 11.3 Å². The van der Waals surface area contributed by atoms with Crippen molar-refractivity contribution in [1.82, 2.24) is 15.5 Å². The van der Waals surface area contributed by atoms with E-state index >= 15 is 0 Å². The number of nitrogens with one attached hydrogen (secondary N) is 1. The van der Waals surface area contributed by atoms with Gasteiger partial charge in [0.25, 0.3) is 0 Å². The molecule has 1 aromatic heterocycles. The van der Waals surface area contributed by atoms with Crippen LogP contribution in [0.15, 0.2) is 4.52 Å². The van der Waals surface area contributed by atoms with Crippen molar-refractivity contribution in [2.75, 3.05) is 6.54 Å². The highest BCUT2D eigenvalue weighted by atomic mass is 32.2. The largest absolute Gasteiger partial charge is 0.339 e. The van der Waals surface area contributed by atoms with E-state index < -0.39 is 0 Å². The summed E-state index contributed by atoms with van der Waals surface area (Å²) in [4.78, 5) is 4.51. The average molecular weight is 283 g/mol. The van der Waals surface area contributed by atoms with Crippen LogP contribution in [0.2, 0.25) is 0 Å². The number of nitrogens with zero attached hydrogens (tertiary/aromatic N) is 2. The fraction of sp³-hybridized carbons (Fsp3) is 0.857. The smallest absolute Gasteiger partial charge is 0.228 e. The fourth-order valence-electron chi connectivity index (χ4n) is 2.12. The van der Waals surface area contributed by atoms with E-state index in [-0.39, 0.29) is 0 Å². The second kappa shape index (κ2) is 7.29. The molecule has 2 unspecified atom stereocenters. The van der Waals surface area contributed by atoms with E-state index in [2.05, 4.69) is 36.2 Å². The molecule has 1 aliphatic rings. The highest BCUT2D eigenvalue weighted by molar-refractivity contribution is 7.99. The highest BCUT2D eigenvalue weighted by Crippen LogP contribution is 2.33. The molecule has 19 heavy (non-hydrogen) atoms. The minimum Gasteiger partial charge on any atom is -0.339 e. The van der Waals surface area contributed by atoms with E-state index in [4.69, 9.17) is 4.52 Å². The van der Waals surface area contributed by atoms with Crippen molar-refractivity contribution in [3.63, 3.8) is 0 Å². The van der Waals surface area contributed by atoms with Gasteiger partial charge in [-0.1, -0.05) is 25.9 Å². The summed E-state index contributed by atoms with van der Waals surface area (Å²) >= 11 is 1.89. The van der Waals surface area contributed by atoms with Gasteiger partial charge in [-0.3, -0.25) is 0 Å².